The van der Waals surface area contributed by atoms with Crippen LogP contribution in [0.3, 0.4) is 0 Å². The number of aliphatic hydroxyl groups is 1. The van der Waals surface area contributed by atoms with Crippen LogP contribution in [0.1, 0.15) is 44.2 Å². The summed E-state index contributed by atoms with van der Waals surface area (Å²) >= 11 is 0. The summed E-state index contributed by atoms with van der Waals surface area (Å²) in [4.78, 5) is 31.3. The second kappa shape index (κ2) is 11.1. The third kappa shape index (κ3) is 9.50. The number of nitrogens with zero attached hydrogens (tertiary/aromatic N) is 3. The largest absolute Gasteiger partial charge is 0.393 e. The van der Waals surface area contributed by atoms with Crippen molar-refractivity contribution in [3.8, 4) is 0 Å². The minimum Gasteiger partial charge on any atom is -0.393 e. The summed E-state index contributed by atoms with van der Waals surface area (Å²) in [5.74, 6) is -0.559. The van der Waals surface area contributed by atoms with Crippen molar-refractivity contribution in [3.63, 3.8) is 0 Å². The summed E-state index contributed by atoms with van der Waals surface area (Å²) < 4.78 is 29.2. The number of aromatic nitrogens is 3. The molecule has 0 saturated heterocycles. The fourth-order valence-corrected chi connectivity index (χ4v) is 5.67. The van der Waals surface area contributed by atoms with Gasteiger partial charge >= 0.3 is 7.60 Å². The van der Waals surface area contributed by atoms with E-state index in [1.54, 1.807) is 4.68 Å². The Bertz CT molecular complexity index is 788. The smallest absolute Gasteiger partial charge is 0.325 e. The van der Waals surface area contributed by atoms with E-state index in [1.807, 2.05) is 6.20 Å². The molecule has 30 heavy (non-hydrogen) atoms. The molecule has 1 aromatic rings. The molecule has 0 spiro atoms. The van der Waals surface area contributed by atoms with Gasteiger partial charge in [0.1, 0.15) is 5.78 Å². The molecule has 5 unspecified atom stereocenters. The van der Waals surface area contributed by atoms with Gasteiger partial charge in [0.05, 0.1) is 18.4 Å². The van der Waals surface area contributed by atoms with Gasteiger partial charge in [-0.1, -0.05) is 5.21 Å². The van der Waals surface area contributed by atoms with Crippen LogP contribution >= 0.6 is 15.0 Å². The molecule has 2 rings (SSSR count). The topological polar surface area (TPSA) is 152 Å². The van der Waals surface area contributed by atoms with Gasteiger partial charge in [-0.05, 0) is 44.4 Å². The van der Waals surface area contributed by atoms with Crippen molar-refractivity contribution in [2.45, 2.75) is 57.6 Å². The van der Waals surface area contributed by atoms with Gasteiger partial charge in [0, 0.05) is 44.6 Å². The number of hydrogen-bond acceptors (Lipinski definition) is 7. The molecular weight excluding hydrogens is 432 g/mol. The number of aryl methyl sites for hydroxylation is 2. The first kappa shape index (κ1) is 25.4. The van der Waals surface area contributed by atoms with Crippen molar-refractivity contribution in [2.24, 2.45) is 11.8 Å². The zero-order chi connectivity index (χ0) is 22.4. The fourth-order valence-electron chi connectivity index (χ4n) is 3.93. The Morgan fingerprint density at radius 2 is 1.97 bits per heavy atom. The molecule has 0 bridgehead atoms. The Hall–Kier alpha value is -0.890. The third-order valence-electron chi connectivity index (χ3n) is 5.21. The first-order valence-electron chi connectivity index (χ1n) is 10.3. The van der Waals surface area contributed by atoms with Crippen LogP contribution in [-0.4, -0.2) is 67.9 Å². The minimum atomic E-state index is -3.42. The van der Waals surface area contributed by atoms with E-state index in [2.05, 4.69) is 10.3 Å². The van der Waals surface area contributed by atoms with E-state index in [0.29, 0.717) is 45.1 Å². The summed E-state index contributed by atoms with van der Waals surface area (Å²) in [5, 5.41) is 18.0. The molecule has 1 aliphatic carbocycles. The maximum absolute atomic E-state index is 12.6. The summed E-state index contributed by atoms with van der Waals surface area (Å²) in [5.41, 5.74) is 0.811. The van der Waals surface area contributed by atoms with E-state index in [0.717, 1.165) is 18.8 Å². The van der Waals surface area contributed by atoms with Crippen LogP contribution in [-0.2, 0) is 31.4 Å². The normalized spacial score (nSPS) is 25.7. The first-order chi connectivity index (χ1) is 13.9. The molecule has 0 radical (unpaired) electrons. The van der Waals surface area contributed by atoms with Gasteiger partial charge in [-0.15, -0.1) is 5.10 Å². The molecular formula is C18H33N3O7P2. The Balaban J connectivity index is 1.70. The van der Waals surface area contributed by atoms with Gasteiger partial charge in [-0.25, -0.2) is 0 Å². The van der Waals surface area contributed by atoms with Crippen molar-refractivity contribution in [2.75, 3.05) is 26.1 Å². The molecule has 1 saturated carbocycles. The molecule has 1 aromatic heterocycles. The highest BCUT2D eigenvalue weighted by molar-refractivity contribution is 7.57. The molecule has 1 fully saturated rings. The van der Waals surface area contributed by atoms with Crippen molar-refractivity contribution >= 4 is 20.7 Å². The van der Waals surface area contributed by atoms with Gasteiger partial charge < -0.3 is 19.4 Å². The number of unbranched alkanes of at least 4 members (excludes halogenated alkanes) is 1. The number of ketones is 1. The number of carbonyl (C=O) groups excluding carboxylic acids is 1. The SMILES string of the molecule is CP(=O)(O)CC1CC(O)CC1C(=O)CCCn1cc(CCCCOP(C)(=O)O)nn1. The van der Waals surface area contributed by atoms with Gasteiger partial charge in [-0.3, -0.25) is 18.6 Å². The van der Waals surface area contributed by atoms with Crippen LogP contribution < -0.4 is 0 Å². The number of aliphatic hydroxyl groups excluding tert-OH is 1. The maximum atomic E-state index is 12.6. The Labute approximate surface area is 177 Å². The van der Waals surface area contributed by atoms with E-state index >= 15 is 0 Å². The first-order valence-corrected chi connectivity index (χ1v) is 14.6. The predicted octanol–water partition coefficient (Wildman–Crippen LogP) is 2.07. The van der Waals surface area contributed by atoms with Crippen LogP contribution in [0.15, 0.2) is 6.20 Å². The fraction of sp³-hybridized carbons (Fsp3) is 0.833. The lowest BCUT2D eigenvalue weighted by atomic mass is 9.91. The number of rotatable bonds is 13. The van der Waals surface area contributed by atoms with E-state index in [9.17, 15) is 23.9 Å². The van der Waals surface area contributed by atoms with E-state index in [1.165, 1.54) is 6.66 Å². The summed E-state index contributed by atoms with van der Waals surface area (Å²) in [6.45, 7) is 3.22. The highest BCUT2D eigenvalue weighted by Crippen LogP contribution is 2.45. The van der Waals surface area contributed by atoms with Crippen molar-refractivity contribution in [1.82, 2.24) is 15.0 Å². The quantitative estimate of drug-likeness (QED) is 0.294. The van der Waals surface area contributed by atoms with Crippen molar-refractivity contribution < 1.29 is 33.3 Å². The van der Waals surface area contributed by atoms with Crippen molar-refractivity contribution in [3.05, 3.63) is 11.9 Å². The summed E-state index contributed by atoms with van der Waals surface area (Å²) in [6.07, 6.45) is 5.09. The Morgan fingerprint density at radius 3 is 2.63 bits per heavy atom. The lowest BCUT2D eigenvalue weighted by Crippen LogP contribution is -2.22. The molecule has 1 aliphatic rings. The molecule has 10 nitrogen and oxygen atoms in total. The lowest BCUT2D eigenvalue weighted by molar-refractivity contribution is -0.124. The second-order valence-electron chi connectivity index (χ2n) is 8.36. The maximum Gasteiger partial charge on any atom is 0.325 e. The second-order valence-corrected chi connectivity index (χ2v) is 12.7. The summed E-state index contributed by atoms with van der Waals surface area (Å²) in [6, 6.07) is 0. The van der Waals surface area contributed by atoms with E-state index < -0.39 is 21.1 Å². The third-order valence-corrected chi connectivity index (χ3v) is 7.02. The van der Waals surface area contributed by atoms with E-state index in [-0.39, 0.29) is 30.4 Å². The molecule has 0 aromatic carbocycles. The molecule has 172 valence electrons. The molecule has 1 heterocycles. The molecule has 0 aliphatic heterocycles. The molecule has 0 amide bonds. The minimum absolute atomic E-state index is 0.0300. The average molecular weight is 465 g/mol. The van der Waals surface area contributed by atoms with Crippen molar-refractivity contribution in [1.29, 1.82) is 0 Å². The van der Waals surface area contributed by atoms with Gasteiger partial charge in [-0.2, -0.15) is 0 Å². The van der Waals surface area contributed by atoms with Crippen LogP contribution in [0.2, 0.25) is 0 Å². The van der Waals surface area contributed by atoms with Crippen LogP contribution in [0.4, 0.5) is 0 Å². The average Bonchev–Trinajstić information content (AvgIpc) is 3.18. The molecule has 3 N–H and O–H groups in total. The van der Waals surface area contributed by atoms with Crippen LogP contribution in [0, 0.1) is 11.8 Å². The zero-order valence-corrected chi connectivity index (χ0v) is 19.4. The Kier molecular flexibility index (Phi) is 9.40. The monoisotopic (exact) mass is 465 g/mol. The van der Waals surface area contributed by atoms with Crippen LogP contribution in [0.25, 0.3) is 0 Å². The molecule has 12 heteroatoms. The van der Waals surface area contributed by atoms with Crippen LogP contribution in [0.5, 0.6) is 0 Å². The number of hydrogen-bond donors (Lipinski definition) is 3. The zero-order valence-electron chi connectivity index (χ0n) is 17.6. The highest BCUT2D eigenvalue weighted by atomic mass is 31.2. The van der Waals surface area contributed by atoms with Gasteiger partial charge in [0.2, 0.25) is 0 Å². The standard InChI is InChI=1S/C18H33N3O7P2/c1-29(24,25)13-14-10-16(22)11-17(14)18(23)7-5-8-21-12-15(19-20-21)6-3-4-9-28-30(2,26)27/h12,14,16-17,22H,3-11,13H2,1-2H3,(H,24,25)(H,26,27). The predicted molar refractivity (Wildman–Crippen MR) is 112 cm³/mol. The highest BCUT2D eigenvalue weighted by Gasteiger charge is 2.39. The lowest BCUT2D eigenvalue weighted by Gasteiger charge is -2.19. The van der Waals surface area contributed by atoms with Gasteiger partial charge in [0.25, 0.3) is 0 Å². The molecule has 5 atom stereocenters. The number of carbonyl (C=O) groups is 1. The van der Waals surface area contributed by atoms with Gasteiger partial charge in [0.15, 0.2) is 7.37 Å². The van der Waals surface area contributed by atoms with E-state index in [4.69, 9.17) is 9.42 Å². The Morgan fingerprint density at radius 1 is 1.23 bits per heavy atom. The summed E-state index contributed by atoms with van der Waals surface area (Å²) in [7, 11) is -6.65. The number of Topliss-reactive ketones (excluding diaryl/α,β-unsaturated/α-hetero) is 1.